The molecule has 2 amide bonds. The summed E-state index contributed by atoms with van der Waals surface area (Å²) >= 11 is 0. The number of hydrogen-bond donors (Lipinski definition) is 2. The SMILES string of the molecule is CC(C)Oc1ccc(CNC(=O)NC(C)c2ccc3c(c2)OCCO3)cc1. The van der Waals surface area contributed by atoms with Gasteiger partial charge in [0.05, 0.1) is 12.1 Å². The maximum Gasteiger partial charge on any atom is 0.315 e. The fourth-order valence-electron chi connectivity index (χ4n) is 2.80. The first kappa shape index (κ1) is 18.9. The largest absolute Gasteiger partial charge is 0.491 e. The van der Waals surface area contributed by atoms with Crippen LogP contribution in [-0.4, -0.2) is 25.3 Å². The molecule has 3 rings (SSSR count). The fourth-order valence-corrected chi connectivity index (χ4v) is 2.80. The van der Waals surface area contributed by atoms with Crippen LogP contribution in [0.2, 0.25) is 0 Å². The molecule has 0 spiro atoms. The second kappa shape index (κ2) is 8.66. The Hall–Kier alpha value is -2.89. The number of urea groups is 1. The number of ether oxygens (including phenoxy) is 3. The standard InChI is InChI=1S/C21H26N2O4/c1-14(2)27-18-7-4-16(5-8-18)13-22-21(24)23-15(3)17-6-9-19-20(12-17)26-11-10-25-19/h4-9,12,14-15H,10-11,13H2,1-3H3,(H2,22,23,24). The lowest BCUT2D eigenvalue weighted by Gasteiger charge is -2.21. The van der Waals surface area contributed by atoms with Crippen LogP contribution in [0.15, 0.2) is 42.5 Å². The van der Waals surface area contributed by atoms with Crippen LogP contribution in [-0.2, 0) is 6.54 Å². The lowest BCUT2D eigenvalue weighted by Crippen LogP contribution is -2.36. The topological polar surface area (TPSA) is 68.8 Å². The van der Waals surface area contributed by atoms with E-state index in [4.69, 9.17) is 14.2 Å². The minimum Gasteiger partial charge on any atom is -0.491 e. The first-order valence-electron chi connectivity index (χ1n) is 9.21. The van der Waals surface area contributed by atoms with Gasteiger partial charge in [-0.05, 0) is 56.2 Å². The molecule has 0 fully saturated rings. The lowest BCUT2D eigenvalue weighted by molar-refractivity contribution is 0.171. The van der Waals surface area contributed by atoms with Gasteiger partial charge in [0.1, 0.15) is 19.0 Å². The van der Waals surface area contributed by atoms with Crippen LogP contribution in [0.25, 0.3) is 0 Å². The van der Waals surface area contributed by atoms with Crippen LogP contribution < -0.4 is 24.8 Å². The lowest BCUT2D eigenvalue weighted by atomic mass is 10.1. The Morgan fingerprint density at radius 3 is 2.44 bits per heavy atom. The van der Waals surface area contributed by atoms with E-state index in [2.05, 4.69) is 10.6 Å². The minimum absolute atomic E-state index is 0.141. The predicted molar refractivity (Wildman–Crippen MR) is 103 cm³/mol. The summed E-state index contributed by atoms with van der Waals surface area (Å²) in [7, 11) is 0. The summed E-state index contributed by atoms with van der Waals surface area (Å²) in [4.78, 5) is 12.2. The Bertz CT molecular complexity index is 774. The van der Waals surface area contributed by atoms with Crippen LogP contribution in [0.4, 0.5) is 4.79 Å². The van der Waals surface area contributed by atoms with E-state index in [-0.39, 0.29) is 18.2 Å². The number of carbonyl (C=O) groups excluding carboxylic acids is 1. The first-order chi connectivity index (χ1) is 13.0. The van der Waals surface area contributed by atoms with Crippen molar-refractivity contribution in [2.24, 2.45) is 0 Å². The van der Waals surface area contributed by atoms with Gasteiger partial charge >= 0.3 is 6.03 Å². The molecule has 1 aliphatic rings. The third-order valence-corrected chi connectivity index (χ3v) is 4.16. The van der Waals surface area contributed by atoms with E-state index in [1.807, 2.05) is 63.2 Å². The quantitative estimate of drug-likeness (QED) is 0.811. The van der Waals surface area contributed by atoms with Crippen molar-refractivity contribution in [1.82, 2.24) is 10.6 Å². The van der Waals surface area contributed by atoms with Gasteiger partial charge < -0.3 is 24.8 Å². The molecule has 27 heavy (non-hydrogen) atoms. The molecular formula is C21H26N2O4. The molecule has 6 heteroatoms. The summed E-state index contributed by atoms with van der Waals surface area (Å²) in [5, 5.41) is 5.81. The molecule has 144 valence electrons. The summed E-state index contributed by atoms with van der Waals surface area (Å²) in [5.74, 6) is 2.29. The van der Waals surface area contributed by atoms with Crippen LogP contribution >= 0.6 is 0 Å². The summed E-state index contributed by atoms with van der Waals surface area (Å²) < 4.78 is 16.7. The molecule has 1 aliphatic heterocycles. The highest BCUT2D eigenvalue weighted by Crippen LogP contribution is 2.32. The van der Waals surface area contributed by atoms with Crippen molar-refractivity contribution in [3.63, 3.8) is 0 Å². The highest BCUT2D eigenvalue weighted by atomic mass is 16.6. The second-order valence-corrected chi connectivity index (χ2v) is 6.76. The predicted octanol–water partition coefficient (Wildman–Crippen LogP) is 3.81. The molecular weight excluding hydrogens is 344 g/mol. The summed E-state index contributed by atoms with van der Waals surface area (Å²) in [6, 6.07) is 13.1. The highest BCUT2D eigenvalue weighted by molar-refractivity contribution is 5.74. The molecule has 0 saturated heterocycles. The van der Waals surface area contributed by atoms with E-state index in [9.17, 15) is 4.79 Å². The summed E-state index contributed by atoms with van der Waals surface area (Å²) in [5.41, 5.74) is 1.97. The number of amides is 2. The number of hydrogen-bond acceptors (Lipinski definition) is 4. The Balaban J connectivity index is 1.50. The zero-order valence-corrected chi connectivity index (χ0v) is 16.0. The second-order valence-electron chi connectivity index (χ2n) is 6.76. The molecule has 0 saturated carbocycles. The number of benzene rings is 2. The van der Waals surface area contributed by atoms with Crippen LogP contribution in [0, 0.1) is 0 Å². The Kier molecular flexibility index (Phi) is 6.06. The molecule has 0 aliphatic carbocycles. The number of carbonyl (C=O) groups is 1. The van der Waals surface area contributed by atoms with E-state index < -0.39 is 0 Å². The van der Waals surface area contributed by atoms with Gasteiger partial charge in [-0.3, -0.25) is 0 Å². The van der Waals surface area contributed by atoms with Crippen molar-refractivity contribution in [3.8, 4) is 17.2 Å². The Morgan fingerprint density at radius 1 is 1.04 bits per heavy atom. The van der Waals surface area contributed by atoms with Crippen molar-refractivity contribution >= 4 is 6.03 Å². The van der Waals surface area contributed by atoms with Crippen molar-refractivity contribution in [1.29, 1.82) is 0 Å². The van der Waals surface area contributed by atoms with Gasteiger partial charge in [0.2, 0.25) is 0 Å². The average Bonchev–Trinajstić information content (AvgIpc) is 2.66. The number of rotatable bonds is 6. The van der Waals surface area contributed by atoms with Crippen LogP contribution in [0.3, 0.4) is 0 Å². The van der Waals surface area contributed by atoms with E-state index in [0.29, 0.717) is 19.8 Å². The Labute approximate surface area is 159 Å². The van der Waals surface area contributed by atoms with Gasteiger partial charge in [-0.25, -0.2) is 4.79 Å². The smallest absolute Gasteiger partial charge is 0.315 e. The average molecular weight is 370 g/mol. The maximum absolute atomic E-state index is 12.2. The monoisotopic (exact) mass is 370 g/mol. The molecule has 2 aromatic rings. The first-order valence-corrected chi connectivity index (χ1v) is 9.21. The van der Waals surface area contributed by atoms with Gasteiger partial charge in [-0.1, -0.05) is 18.2 Å². The van der Waals surface area contributed by atoms with Crippen molar-refractivity contribution < 1.29 is 19.0 Å². The third-order valence-electron chi connectivity index (χ3n) is 4.16. The third kappa shape index (κ3) is 5.29. The molecule has 0 radical (unpaired) electrons. The maximum atomic E-state index is 12.2. The zero-order valence-electron chi connectivity index (χ0n) is 16.0. The van der Waals surface area contributed by atoms with E-state index in [1.54, 1.807) is 0 Å². The number of nitrogens with one attached hydrogen (secondary N) is 2. The Morgan fingerprint density at radius 2 is 1.74 bits per heavy atom. The van der Waals surface area contributed by atoms with E-state index in [1.165, 1.54) is 0 Å². The van der Waals surface area contributed by atoms with Gasteiger partial charge in [0, 0.05) is 6.54 Å². The minimum atomic E-state index is -0.222. The molecule has 1 heterocycles. The van der Waals surface area contributed by atoms with Crippen molar-refractivity contribution in [3.05, 3.63) is 53.6 Å². The molecule has 2 aromatic carbocycles. The van der Waals surface area contributed by atoms with Gasteiger partial charge in [0.15, 0.2) is 11.5 Å². The van der Waals surface area contributed by atoms with E-state index >= 15 is 0 Å². The molecule has 2 N–H and O–H groups in total. The molecule has 1 atom stereocenters. The molecule has 6 nitrogen and oxygen atoms in total. The fraction of sp³-hybridized carbons (Fsp3) is 0.381. The van der Waals surface area contributed by atoms with E-state index in [0.717, 1.165) is 28.4 Å². The molecule has 0 bridgehead atoms. The molecule has 1 unspecified atom stereocenters. The van der Waals surface area contributed by atoms with Crippen molar-refractivity contribution in [2.75, 3.05) is 13.2 Å². The molecule has 0 aromatic heterocycles. The zero-order chi connectivity index (χ0) is 19.2. The van der Waals surface area contributed by atoms with Crippen LogP contribution in [0.5, 0.6) is 17.2 Å². The number of fused-ring (bicyclic) bond motifs is 1. The van der Waals surface area contributed by atoms with Gasteiger partial charge in [-0.2, -0.15) is 0 Å². The van der Waals surface area contributed by atoms with Gasteiger partial charge in [-0.15, -0.1) is 0 Å². The highest BCUT2D eigenvalue weighted by Gasteiger charge is 2.15. The summed E-state index contributed by atoms with van der Waals surface area (Å²) in [6.07, 6.45) is 0.141. The van der Waals surface area contributed by atoms with Crippen molar-refractivity contribution in [2.45, 2.75) is 39.5 Å². The normalized spacial score (nSPS) is 13.8. The summed E-state index contributed by atoms with van der Waals surface area (Å²) in [6.45, 7) is 7.46. The van der Waals surface area contributed by atoms with Crippen LogP contribution in [0.1, 0.15) is 37.9 Å². The van der Waals surface area contributed by atoms with Gasteiger partial charge in [0.25, 0.3) is 0 Å².